The molecular formula is C77H72Br3ClO15. The van der Waals surface area contributed by atoms with Gasteiger partial charge in [0.2, 0.25) is 5.24 Å². The van der Waals surface area contributed by atoms with Crippen LogP contribution in [0.1, 0.15) is 137 Å². The van der Waals surface area contributed by atoms with Crippen molar-refractivity contribution in [2.45, 2.75) is 98.3 Å². The minimum atomic E-state index is -0.542. The van der Waals surface area contributed by atoms with Crippen LogP contribution in [0.15, 0.2) is 182 Å². The van der Waals surface area contributed by atoms with Crippen molar-refractivity contribution in [2.75, 3.05) is 16.0 Å². The predicted octanol–water partition coefficient (Wildman–Crippen LogP) is 20.0. The Kier molecular flexibility index (Phi) is 29.0. The highest BCUT2D eigenvalue weighted by Crippen LogP contribution is 2.31. The quantitative estimate of drug-likeness (QED) is 0.0179. The highest BCUT2D eigenvalue weighted by Gasteiger charge is 2.18. The van der Waals surface area contributed by atoms with Crippen molar-refractivity contribution in [3.8, 4) is 46.0 Å². The van der Waals surface area contributed by atoms with Gasteiger partial charge in [-0.05, 0) is 252 Å². The molecule has 0 aliphatic carbocycles. The van der Waals surface area contributed by atoms with Crippen molar-refractivity contribution in [2.24, 2.45) is 0 Å². The molecule has 498 valence electrons. The number of aryl methyl sites for hydroxylation is 2. The fraction of sp³-hybridized carbons (Fsp3) is 0.234. The van der Waals surface area contributed by atoms with Crippen LogP contribution in [0.5, 0.6) is 46.0 Å². The smallest absolute Gasteiger partial charge is 0.343 e. The molecule has 0 radical (unpaired) electrons. The molecule has 0 aliphatic rings. The Bertz CT molecular complexity index is 4420. The van der Waals surface area contributed by atoms with E-state index in [-0.39, 0.29) is 36.1 Å². The molecule has 15 nitrogen and oxygen atoms in total. The lowest BCUT2D eigenvalue weighted by atomic mass is 10.1. The second-order valence-electron chi connectivity index (χ2n) is 22.2. The van der Waals surface area contributed by atoms with Crippen molar-refractivity contribution >= 4 is 144 Å². The summed E-state index contributed by atoms with van der Waals surface area (Å²) in [6.45, 7) is 3.51. The lowest BCUT2D eigenvalue weighted by Crippen LogP contribution is -2.11. The fourth-order valence-corrected chi connectivity index (χ4v) is 11.1. The Morgan fingerprint density at radius 2 is 0.604 bits per heavy atom. The van der Waals surface area contributed by atoms with E-state index in [4.69, 9.17) is 40.0 Å². The van der Waals surface area contributed by atoms with E-state index in [2.05, 4.69) is 47.8 Å². The second kappa shape index (κ2) is 37.4. The number of esters is 6. The van der Waals surface area contributed by atoms with Gasteiger partial charge in [0, 0.05) is 35.3 Å². The molecule has 19 heteroatoms. The highest BCUT2D eigenvalue weighted by atomic mass is 79.9. The average molecular weight is 1510 g/mol. The fourth-order valence-electron chi connectivity index (χ4n) is 9.78. The molecule has 0 spiro atoms. The summed E-state index contributed by atoms with van der Waals surface area (Å²) in [5.41, 5.74) is 2.70. The molecule has 0 aliphatic heterocycles. The van der Waals surface area contributed by atoms with Crippen LogP contribution in [0.3, 0.4) is 0 Å². The molecule has 0 aromatic heterocycles. The van der Waals surface area contributed by atoms with Gasteiger partial charge < -0.3 is 38.6 Å². The van der Waals surface area contributed by atoms with Crippen LogP contribution in [0.2, 0.25) is 0 Å². The van der Waals surface area contributed by atoms with Crippen LogP contribution in [0.25, 0.3) is 43.1 Å². The Morgan fingerprint density at radius 1 is 0.323 bits per heavy atom. The van der Waals surface area contributed by atoms with Gasteiger partial charge in [0.1, 0.15) is 46.0 Å². The number of rotatable bonds is 25. The van der Waals surface area contributed by atoms with Gasteiger partial charge in [-0.15, -0.1) is 0 Å². The molecule has 0 saturated heterocycles. The van der Waals surface area contributed by atoms with Crippen molar-refractivity contribution in [3.05, 3.63) is 215 Å². The van der Waals surface area contributed by atoms with Crippen molar-refractivity contribution in [3.63, 3.8) is 0 Å². The molecule has 0 bridgehead atoms. The van der Waals surface area contributed by atoms with E-state index < -0.39 is 23.9 Å². The zero-order valence-corrected chi connectivity index (χ0v) is 57.7. The maximum absolute atomic E-state index is 13.1. The number of fused-ring (bicyclic) bond motifs is 4. The Morgan fingerprint density at radius 3 is 0.938 bits per heavy atom. The first-order chi connectivity index (χ1) is 45.8. The number of carbonyl (C=O) groups is 7. The normalized spacial score (nSPS) is 10.7. The summed E-state index contributed by atoms with van der Waals surface area (Å²) in [6.07, 6.45) is 9.92. The number of aromatic hydroxyl groups is 2. The number of hydrogen-bond acceptors (Lipinski definition) is 15. The van der Waals surface area contributed by atoms with Crippen LogP contribution in [-0.4, -0.2) is 67.3 Å². The third-order valence-electron chi connectivity index (χ3n) is 14.8. The minimum absolute atomic E-state index is 0. The monoisotopic (exact) mass is 1510 g/mol. The molecule has 0 saturated carbocycles. The average Bonchev–Trinajstić information content (AvgIpc) is 0.850. The molecule has 2 N–H and O–H groups in total. The Balaban J connectivity index is 0.000000249. The third-order valence-corrected chi connectivity index (χ3v) is 16.7. The van der Waals surface area contributed by atoms with E-state index in [9.17, 15) is 43.8 Å². The number of unbranched alkanes of at least 4 members (excludes halogenated alkanes) is 6. The van der Waals surface area contributed by atoms with E-state index in [1.54, 1.807) is 196 Å². The number of carbonyl (C=O) groups excluding carboxylic acids is 7. The molecule has 0 atom stereocenters. The van der Waals surface area contributed by atoms with E-state index >= 15 is 0 Å². The maximum atomic E-state index is 13.1. The molecule has 0 amide bonds. The molecule has 0 heterocycles. The van der Waals surface area contributed by atoms with E-state index in [0.29, 0.717) is 87.1 Å². The van der Waals surface area contributed by atoms with Crippen LogP contribution >= 0.6 is 59.4 Å². The summed E-state index contributed by atoms with van der Waals surface area (Å²) in [4.78, 5) is 85.9. The lowest BCUT2D eigenvalue weighted by Gasteiger charge is -2.11. The van der Waals surface area contributed by atoms with Crippen LogP contribution in [0, 0.1) is 13.8 Å². The molecule has 96 heavy (non-hydrogen) atoms. The molecular weight excluding hydrogens is 1440 g/mol. The van der Waals surface area contributed by atoms with Crippen molar-refractivity contribution < 1.29 is 72.2 Å². The van der Waals surface area contributed by atoms with Gasteiger partial charge in [-0.1, -0.05) is 123 Å². The highest BCUT2D eigenvalue weighted by molar-refractivity contribution is 9.09. The third kappa shape index (κ3) is 22.6. The van der Waals surface area contributed by atoms with Gasteiger partial charge in [-0.2, -0.15) is 0 Å². The summed E-state index contributed by atoms with van der Waals surface area (Å²) in [5, 5.41) is 28.3. The van der Waals surface area contributed by atoms with Crippen LogP contribution in [-0.2, 0) is 14.4 Å². The Labute approximate surface area is 587 Å². The van der Waals surface area contributed by atoms with Gasteiger partial charge in [0.05, 0.1) is 22.3 Å². The Hall–Kier alpha value is -8.94. The molecule has 0 unspecified atom stereocenters. The number of alkyl halides is 3. The summed E-state index contributed by atoms with van der Waals surface area (Å²) in [6, 6.07) is 50.4. The number of benzene rings is 10. The number of halogens is 4. The number of phenolic OH excluding ortho intramolecular Hbond substituents is 2. The molecule has 0 fully saturated rings. The van der Waals surface area contributed by atoms with Gasteiger partial charge in [-0.25, -0.2) is 19.2 Å². The van der Waals surface area contributed by atoms with Gasteiger partial charge in [0.15, 0.2) is 0 Å². The maximum Gasteiger partial charge on any atom is 0.343 e. The zero-order chi connectivity index (χ0) is 67.8. The summed E-state index contributed by atoms with van der Waals surface area (Å²) >= 11 is 15.2. The second-order valence-corrected chi connectivity index (χ2v) is 25.0. The van der Waals surface area contributed by atoms with E-state index in [1.165, 1.54) is 0 Å². The first-order valence-corrected chi connectivity index (χ1v) is 34.5. The molecule has 10 aromatic rings. The minimum Gasteiger partial charge on any atom is -0.508 e. The lowest BCUT2D eigenvalue weighted by molar-refractivity contribution is -0.135. The summed E-state index contributed by atoms with van der Waals surface area (Å²) in [5.74, 6) is -0.111. The molecule has 10 aromatic carbocycles. The SMILES string of the molecule is C.Cc1cc(OC(=O)c2ccc3cc(O)ccc3c2)ccc1OC(=O)c1ccc2cc(O)ccc2c1.Cc1cc(OC(=O)c2ccc3cc(OC(=O)CCCCCBr)ccc3c2)ccc1OC(=O)c1ccc2cc(OC(=O)CCCCCBr)ccc2c1.O=C(Cl)CCCCCBr. The zero-order valence-electron chi connectivity index (χ0n) is 52.1. The first kappa shape index (κ1) is 74.5. The standard InChI is InChI=1S/C41H38Br2O8.C29H20O6.C6H10BrClO.CH4/c1-27-22-34(50-40(46)32-12-10-30-25-35(16-14-28(30)23-32)48-38(44)8-4-2-6-20-42)18-19-37(27)51-41(47)33-13-11-31-26-36(17-15-29(31)24-33)49-39(45)9-5-3-7-21-43;1-17-12-26(34-28(32)22-4-2-20-15-24(30)8-6-18(20)13-22)10-11-27(17)35-29(33)23-5-3-21-16-25(31)9-7-19(21)14-23;7-5-3-1-2-4-6(8)9;/h10-19,22-26H,2-9,20-21H2,1H3;2-16,30-31H,1H3;1-5H2;1H4. The van der Waals surface area contributed by atoms with Gasteiger partial charge in [-0.3, -0.25) is 14.4 Å². The van der Waals surface area contributed by atoms with Crippen molar-refractivity contribution in [1.29, 1.82) is 0 Å². The summed E-state index contributed by atoms with van der Waals surface area (Å²) in [7, 11) is 0. The van der Waals surface area contributed by atoms with Crippen LogP contribution in [0.4, 0.5) is 0 Å². The first-order valence-electron chi connectivity index (χ1n) is 30.8. The summed E-state index contributed by atoms with van der Waals surface area (Å²) < 4.78 is 33.4. The number of ether oxygens (including phenoxy) is 6. The van der Waals surface area contributed by atoms with Crippen LogP contribution < -0.4 is 28.4 Å². The van der Waals surface area contributed by atoms with Gasteiger partial charge in [0.25, 0.3) is 0 Å². The largest absolute Gasteiger partial charge is 0.508 e. The van der Waals surface area contributed by atoms with E-state index in [0.717, 1.165) is 117 Å². The molecule has 10 rings (SSSR count). The predicted molar refractivity (Wildman–Crippen MR) is 387 cm³/mol. The number of hydrogen-bond donors (Lipinski definition) is 2. The van der Waals surface area contributed by atoms with Crippen molar-refractivity contribution in [1.82, 2.24) is 0 Å². The number of phenols is 2. The van der Waals surface area contributed by atoms with Gasteiger partial charge >= 0.3 is 35.8 Å². The topological polar surface area (TPSA) is 215 Å². The van der Waals surface area contributed by atoms with E-state index in [1.807, 2.05) is 0 Å².